The third-order valence-electron chi connectivity index (χ3n) is 9.78. The summed E-state index contributed by atoms with van der Waals surface area (Å²) in [5.74, 6) is 0.0271. The van der Waals surface area contributed by atoms with Gasteiger partial charge < -0.3 is 24.8 Å². The first kappa shape index (κ1) is 27.7. The molecule has 2 aromatic heterocycles. The first-order chi connectivity index (χ1) is 23.5. The molecule has 47 heavy (non-hydrogen) atoms. The van der Waals surface area contributed by atoms with Gasteiger partial charge in [-0.05, 0) is 43.0 Å². The number of hydrogen-bond donors (Lipinski definition) is 1. The van der Waals surface area contributed by atoms with Crippen LogP contribution in [0.3, 0.4) is 0 Å². The topological polar surface area (TPSA) is 98.9 Å². The lowest BCUT2D eigenvalue weighted by molar-refractivity contribution is 0.107. The number of fused-ring (bicyclic) bond motifs is 4. The molecular weight excluding hydrogens is 616 g/mol. The summed E-state index contributed by atoms with van der Waals surface area (Å²) in [6.45, 7) is -1.37. The molecule has 4 aliphatic rings. The number of ether oxygens (including phenoxy) is 3. The molecule has 4 aromatic rings. The molecule has 0 unspecified atom stereocenters. The van der Waals surface area contributed by atoms with Gasteiger partial charge in [-0.15, -0.1) is 6.42 Å². The number of benzene rings is 2. The molecule has 0 spiro atoms. The van der Waals surface area contributed by atoms with E-state index in [9.17, 15) is 8.78 Å². The van der Waals surface area contributed by atoms with Crippen LogP contribution in [0.2, 0.25) is 0 Å². The Morgan fingerprint density at radius 3 is 2.85 bits per heavy atom. The first-order valence-corrected chi connectivity index (χ1v) is 15.5. The van der Waals surface area contributed by atoms with E-state index in [1.807, 2.05) is 0 Å². The molecule has 4 fully saturated rings. The van der Waals surface area contributed by atoms with Gasteiger partial charge in [0.05, 0.1) is 40.2 Å². The highest BCUT2D eigenvalue weighted by atomic mass is 19.1. The number of pyridine rings is 1. The van der Waals surface area contributed by atoms with Crippen molar-refractivity contribution in [3.63, 3.8) is 0 Å². The molecule has 0 bridgehead atoms. The number of rotatable bonds is 6. The summed E-state index contributed by atoms with van der Waals surface area (Å²) in [7, 11) is 1.31. The maximum Gasteiger partial charge on any atom is 0.319 e. The lowest BCUT2D eigenvalue weighted by Gasteiger charge is -2.31. The van der Waals surface area contributed by atoms with E-state index in [2.05, 4.69) is 20.9 Å². The molecule has 0 radical (unpaired) electrons. The van der Waals surface area contributed by atoms with Gasteiger partial charge in [-0.3, -0.25) is 4.90 Å². The number of aromatic nitrogens is 3. The van der Waals surface area contributed by atoms with Crippen molar-refractivity contribution in [1.82, 2.24) is 19.9 Å². The van der Waals surface area contributed by atoms with Gasteiger partial charge in [-0.1, -0.05) is 12.0 Å². The van der Waals surface area contributed by atoms with Crippen molar-refractivity contribution in [3.05, 3.63) is 41.5 Å². The Kier molecular flexibility index (Phi) is 6.53. The Labute approximate surface area is 270 Å². The van der Waals surface area contributed by atoms with Gasteiger partial charge in [0.15, 0.2) is 5.82 Å². The third kappa shape index (κ3) is 4.71. The van der Waals surface area contributed by atoms with Crippen LogP contribution in [0.25, 0.3) is 32.9 Å². The zero-order chi connectivity index (χ0) is 34.4. The summed E-state index contributed by atoms with van der Waals surface area (Å²) in [6.07, 6.45) is 4.08. The number of anilines is 2. The largest absolute Gasteiger partial charge is 0.480 e. The Bertz CT molecular complexity index is 2070. The predicted molar refractivity (Wildman–Crippen MR) is 168 cm³/mol. The number of hydrogen-bond acceptors (Lipinski definition) is 9. The minimum Gasteiger partial charge on any atom is -0.480 e. The van der Waals surface area contributed by atoms with Crippen LogP contribution in [-0.4, -0.2) is 90.3 Å². The third-order valence-corrected chi connectivity index (χ3v) is 9.78. The highest BCUT2D eigenvalue weighted by molar-refractivity contribution is 6.04. The summed E-state index contributed by atoms with van der Waals surface area (Å²) in [5, 5.41) is 0.602. The SMILES string of the molecule is [2H]C([2H])(Oc1nc(N2CCOC[C@H]3[C@H](F)[C@H]32)c2c(OC)nc(-c3cc(N)cc4ccc(F)c(C#C)c34)c(F)c2n1)[C@@]12CCCN1C[C@H](F)C2. The van der Waals surface area contributed by atoms with Gasteiger partial charge in [0, 0.05) is 42.1 Å². The number of nitrogens with two attached hydrogens (primary N) is 1. The lowest BCUT2D eigenvalue weighted by atomic mass is 9.95. The molecular formula is C34H32F4N6O3. The van der Waals surface area contributed by atoms with E-state index in [0.29, 0.717) is 24.8 Å². The molecule has 9 nitrogen and oxygen atoms in total. The van der Waals surface area contributed by atoms with E-state index in [1.165, 1.54) is 25.3 Å². The Hall–Kier alpha value is -4.41. The quantitative estimate of drug-likeness (QED) is 0.179. The smallest absolute Gasteiger partial charge is 0.319 e. The molecule has 0 amide bonds. The summed E-state index contributed by atoms with van der Waals surface area (Å²) >= 11 is 0. The van der Waals surface area contributed by atoms with Crippen molar-refractivity contribution in [3.8, 4) is 35.5 Å². The molecule has 2 N–H and O–H groups in total. The van der Waals surface area contributed by atoms with E-state index < -0.39 is 54.0 Å². The highest BCUT2D eigenvalue weighted by Gasteiger charge is 2.57. The molecule has 244 valence electrons. The summed E-state index contributed by atoms with van der Waals surface area (Å²) in [4.78, 5) is 16.8. The van der Waals surface area contributed by atoms with E-state index in [-0.39, 0.29) is 83.2 Å². The zero-order valence-corrected chi connectivity index (χ0v) is 25.4. The van der Waals surface area contributed by atoms with Gasteiger partial charge in [0.25, 0.3) is 0 Å². The summed E-state index contributed by atoms with van der Waals surface area (Å²) in [6, 6.07) is 4.43. The highest BCUT2D eigenvalue weighted by Crippen LogP contribution is 2.47. The lowest BCUT2D eigenvalue weighted by Crippen LogP contribution is -2.43. The van der Waals surface area contributed by atoms with E-state index in [0.717, 1.165) is 0 Å². The minimum absolute atomic E-state index is 0.00890. The van der Waals surface area contributed by atoms with Crippen LogP contribution in [0.1, 0.15) is 27.6 Å². The number of terminal acetylenes is 1. The normalized spacial score (nSPS) is 28.0. The monoisotopic (exact) mass is 650 g/mol. The molecule has 1 aliphatic carbocycles. The zero-order valence-electron chi connectivity index (χ0n) is 27.4. The average Bonchev–Trinajstić information content (AvgIpc) is 3.42. The van der Waals surface area contributed by atoms with E-state index in [1.54, 1.807) is 15.9 Å². The predicted octanol–water partition coefficient (Wildman–Crippen LogP) is 4.82. The minimum atomic E-state index is -2.50. The van der Waals surface area contributed by atoms with Crippen LogP contribution in [0.15, 0.2) is 24.3 Å². The van der Waals surface area contributed by atoms with Crippen LogP contribution in [0.5, 0.6) is 11.9 Å². The van der Waals surface area contributed by atoms with Crippen LogP contribution >= 0.6 is 0 Å². The molecule has 5 heterocycles. The fraction of sp³-hybridized carbons (Fsp3) is 0.441. The summed E-state index contributed by atoms with van der Waals surface area (Å²) < 4.78 is 97.3. The van der Waals surface area contributed by atoms with Crippen molar-refractivity contribution < 1.29 is 34.5 Å². The average molecular weight is 651 g/mol. The first-order valence-electron chi connectivity index (χ1n) is 16.5. The Morgan fingerprint density at radius 2 is 2.04 bits per heavy atom. The second-order valence-corrected chi connectivity index (χ2v) is 12.5. The van der Waals surface area contributed by atoms with Crippen molar-refractivity contribution >= 4 is 33.2 Å². The number of halogens is 4. The fourth-order valence-corrected chi connectivity index (χ4v) is 7.56. The second kappa shape index (κ2) is 11.1. The Morgan fingerprint density at radius 1 is 1.19 bits per heavy atom. The van der Waals surface area contributed by atoms with Crippen molar-refractivity contribution in [1.29, 1.82) is 0 Å². The van der Waals surface area contributed by atoms with Crippen molar-refractivity contribution in [2.45, 2.75) is 43.2 Å². The number of nitrogens with zero attached hydrogens (tertiary/aromatic N) is 5. The van der Waals surface area contributed by atoms with Gasteiger partial charge in [-0.25, -0.2) is 22.5 Å². The van der Waals surface area contributed by atoms with Crippen LogP contribution in [-0.2, 0) is 4.74 Å². The molecule has 3 aliphatic heterocycles. The van der Waals surface area contributed by atoms with Gasteiger partial charge in [-0.2, -0.15) is 9.97 Å². The molecule has 1 saturated carbocycles. The van der Waals surface area contributed by atoms with Crippen LogP contribution in [0, 0.1) is 29.9 Å². The van der Waals surface area contributed by atoms with Crippen LogP contribution in [0.4, 0.5) is 29.1 Å². The maximum absolute atomic E-state index is 17.1. The maximum atomic E-state index is 17.1. The van der Waals surface area contributed by atoms with E-state index >= 15 is 8.78 Å². The number of alkyl halides is 2. The summed E-state index contributed by atoms with van der Waals surface area (Å²) in [5.41, 5.74) is 4.36. The molecule has 13 heteroatoms. The Balaban J connectivity index is 1.37. The van der Waals surface area contributed by atoms with Gasteiger partial charge >= 0.3 is 6.01 Å². The molecule has 3 saturated heterocycles. The van der Waals surface area contributed by atoms with Crippen molar-refractivity contribution in [2.24, 2.45) is 5.92 Å². The fourth-order valence-electron chi connectivity index (χ4n) is 7.56. The van der Waals surface area contributed by atoms with Crippen LogP contribution < -0.4 is 20.1 Å². The van der Waals surface area contributed by atoms with E-state index in [4.69, 9.17) is 29.1 Å². The second-order valence-electron chi connectivity index (χ2n) is 12.5. The van der Waals surface area contributed by atoms with Crippen molar-refractivity contribution in [2.75, 3.05) is 57.2 Å². The molecule has 5 atom stereocenters. The van der Waals surface area contributed by atoms with Gasteiger partial charge in [0.2, 0.25) is 5.88 Å². The molecule has 2 aromatic carbocycles. The van der Waals surface area contributed by atoms with Gasteiger partial charge in [0.1, 0.15) is 47.1 Å². The molecule has 8 rings (SSSR count). The number of nitrogen functional groups attached to an aromatic ring is 1. The number of methoxy groups -OCH3 is 1. The standard InChI is InChI=1S/C34H32F4N6O3/c1-3-20-23(36)6-5-17-11-19(39)12-21(24(17)20)28-27(38)29-25(32(40-28)45-2)31(44-9-10-46-15-22-26(37)30(22)44)42-33(41-29)47-16-34-7-4-8-43(34)14-18(35)13-34/h1,5-6,11-12,18,22,26,30H,4,7-10,13-16,39H2,2H3/t18-,22+,26+,30+,34+/m1/s1/i16D2.